The van der Waals surface area contributed by atoms with Crippen LogP contribution in [-0.2, 0) is 12.8 Å². The maximum absolute atomic E-state index is 13.0. The van der Waals surface area contributed by atoms with E-state index >= 15 is 0 Å². The number of nitrogens with one attached hydrogen (secondary N) is 2. The molecule has 4 aromatic rings. The van der Waals surface area contributed by atoms with Crippen LogP contribution >= 0.6 is 31.9 Å². The molecular weight excluding hydrogens is 596 g/mol. The highest BCUT2D eigenvalue weighted by Gasteiger charge is 2.24. The van der Waals surface area contributed by atoms with Gasteiger partial charge in [0.15, 0.2) is 5.75 Å². The van der Waals surface area contributed by atoms with Crippen molar-refractivity contribution in [1.82, 2.24) is 20.1 Å². The summed E-state index contributed by atoms with van der Waals surface area (Å²) < 4.78 is 7.99. The number of fused-ring (bicyclic) bond motifs is 1. The van der Waals surface area contributed by atoms with Gasteiger partial charge in [-0.1, -0.05) is 24.3 Å². The monoisotopic (exact) mass is 612 g/mol. The fourth-order valence-electron chi connectivity index (χ4n) is 4.11. The molecule has 0 spiro atoms. The van der Waals surface area contributed by atoms with Gasteiger partial charge >= 0.3 is 5.69 Å². The van der Waals surface area contributed by atoms with E-state index in [2.05, 4.69) is 59.4 Å². The van der Waals surface area contributed by atoms with E-state index in [4.69, 9.17) is 4.74 Å². The van der Waals surface area contributed by atoms with Gasteiger partial charge in [-0.3, -0.25) is 14.6 Å². The molecule has 1 heterocycles. The molecule has 3 N–H and O–H groups in total. The Kier molecular flexibility index (Phi) is 6.50. The maximum Gasteiger partial charge on any atom is 0.349 e. The van der Waals surface area contributed by atoms with Crippen LogP contribution in [0.15, 0.2) is 79.3 Å². The van der Waals surface area contributed by atoms with E-state index in [1.807, 2.05) is 12.1 Å². The average molecular weight is 614 g/mol. The molecule has 5 rings (SSSR count). The van der Waals surface area contributed by atoms with Crippen molar-refractivity contribution in [2.75, 3.05) is 0 Å². The SMILES string of the molecule is O=C(NC1Cc2ccccc2C1)c1cc(Oc2c(Br)cc(-n3ncc(=O)[nH]c3=O)cc2Br)ccc1O. The molecule has 1 aromatic heterocycles. The zero-order valence-corrected chi connectivity index (χ0v) is 21.7. The molecular formula is C25H18Br2N4O5. The molecule has 9 nitrogen and oxygen atoms in total. The second kappa shape index (κ2) is 9.75. The van der Waals surface area contributed by atoms with E-state index in [1.165, 1.54) is 29.3 Å². The molecule has 1 aliphatic rings. The van der Waals surface area contributed by atoms with Crippen LogP contribution in [-0.4, -0.2) is 31.8 Å². The van der Waals surface area contributed by atoms with Crippen molar-refractivity contribution in [1.29, 1.82) is 0 Å². The summed E-state index contributed by atoms with van der Waals surface area (Å²) in [6.07, 6.45) is 2.47. The van der Waals surface area contributed by atoms with Gasteiger partial charge in [-0.05, 0) is 86.2 Å². The molecule has 0 fully saturated rings. The first kappa shape index (κ1) is 24.0. The number of benzene rings is 3. The summed E-state index contributed by atoms with van der Waals surface area (Å²) in [6, 6.07) is 15.6. The van der Waals surface area contributed by atoms with Crippen molar-refractivity contribution < 1.29 is 14.6 Å². The van der Waals surface area contributed by atoms with Crippen molar-refractivity contribution in [3.05, 3.63) is 107 Å². The lowest BCUT2D eigenvalue weighted by Crippen LogP contribution is -2.35. The number of rotatable bonds is 5. The highest BCUT2D eigenvalue weighted by Crippen LogP contribution is 2.39. The Morgan fingerprint density at radius 2 is 1.72 bits per heavy atom. The number of ether oxygens (including phenoxy) is 1. The maximum atomic E-state index is 13.0. The number of phenolic OH excluding ortho intramolecular Hbond substituents is 1. The lowest BCUT2D eigenvalue weighted by Gasteiger charge is -2.15. The summed E-state index contributed by atoms with van der Waals surface area (Å²) in [4.78, 5) is 38.5. The third-order valence-electron chi connectivity index (χ3n) is 5.76. The Hall–Kier alpha value is -3.70. The summed E-state index contributed by atoms with van der Waals surface area (Å²) in [5, 5.41) is 17.2. The van der Waals surface area contributed by atoms with Gasteiger partial charge in [0.1, 0.15) is 17.7 Å². The zero-order chi connectivity index (χ0) is 25.4. The highest BCUT2D eigenvalue weighted by molar-refractivity contribution is 9.11. The molecule has 1 aliphatic carbocycles. The van der Waals surface area contributed by atoms with E-state index in [9.17, 15) is 19.5 Å². The number of hydrogen-bond acceptors (Lipinski definition) is 6. The third kappa shape index (κ3) is 4.84. The average Bonchev–Trinajstić information content (AvgIpc) is 3.24. The molecule has 0 atom stereocenters. The van der Waals surface area contributed by atoms with E-state index in [0.29, 0.717) is 26.1 Å². The number of H-pyrrole nitrogens is 1. The van der Waals surface area contributed by atoms with Gasteiger partial charge in [0.2, 0.25) is 0 Å². The first-order valence-electron chi connectivity index (χ1n) is 10.8. The number of carbonyl (C=O) groups is 1. The topological polar surface area (TPSA) is 126 Å². The van der Waals surface area contributed by atoms with Gasteiger partial charge in [-0.25, -0.2) is 4.79 Å². The molecule has 3 aromatic carbocycles. The van der Waals surface area contributed by atoms with E-state index in [-0.39, 0.29) is 17.4 Å². The van der Waals surface area contributed by atoms with Crippen LogP contribution < -0.4 is 21.3 Å². The first-order valence-corrected chi connectivity index (χ1v) is 12.4. The van der Waals surface area contributed by atoms with Gasteiger partial charge in [0.05, 0.1) is 20.2 Å². The van der Waals surface area contributed by atoms with Crippen molar-refractivity contribution in [3.63, 3.8) is 0 Å². The molecule has 182 valence electrons. The zero-order valence-electron chi connectivity index (χ0n) is 18.5. The van der Waals surface area contributed by atoms with Crippen LogP contribution in [0.3, 0.4) is 0 Å². The number of hydrogen-bond donors (Lipinski definition) is 3. The van der Waals surface area contributed by atoms with Crippen molar-refractivity contribution in [2.45, 2.75) is 18.9 Å². The summed E-state index contributed by atoms with van der Waals surface area (Å²) in [5.41, 5.74) is 1.61. The molecule has 11 heteroatoms. The lowest BCUT2D eigenvalue weighted by molar-refractivity contribution is 0.0935. The van der Waals surface area contributed by atoms with Crippen LogP contribution in [0.25, 0.3) is 5.69 Å². The lowest BCUT2D eigenvalue weighted by atomic mass is 10.1. The minimum absolute atomic E-state index is 0.0559. The van der Waals surface area contributed by atoms with Crippen molar-refractivity contribution in [2.24, 2.45) is 0 Å². The van der Waals surface area contributed by atoms with E-state index in [1.54, 1.807) is 12.1 Å². The fraction of sp³-hybridized carbons (Fsp3) is 0.120. The first-order chi connectivity index (χ1) is 17.3. The molecule has 0 aliphatic heterocycles. The van der Waals surface area contributed by atoms with Crippen LogP contribution in [0.2, 0.25) is 0 Å². The minimum atomic E-state index is -0.686. The number of amides is 1. The number of halogens is 2. The molecule has 1 amide bonds. The normalized spacial score (nSPS) is 12.8. The number of aromatic amines is 1. The second-order valence-electron chi connectivity index (χ2n) is 8.22. The van der Waals surface area contributed by atoms with Gasteiger partial charge < -0.3 is 15.2 Å². The molecule has 0 radical (unpaired) electrons. The molecule has 0 saturated heterocycles. The molecule has 0 saturated carbocycles. The number of carbonyl (C=O) groups excluding carboxylic acids is 1. The predicted octanol–water partition coefficient (Wildman–Crippen LogP) is 3.84. The standard InChI is InChI=1S/C25H18Br2N4O5/c26-19-9-16(31-25(35)30-22(33)12-28-31)10-20(27)23(19)36-17-5-6-21(32)18(11-17)24(34)29-15-7-13-3-1-2-4-14(13)8-15/h1-6,9-12,15,32H,7-8H2,(H,29,34)(H,30,33,35). The van der Waals surface area contributed by atoms with Crippen molar-refractivity contribution >= 4 is 37.8 Å². The summed E-state index contributed by atoms with van der Waals surface area (Å²) in [7, 11) is 0. The number of phenols is 1. The summed E-state index contributed by atoms with van der Waals surface area (Å²) in [5.74, 6) is 0.140. The Morgan fingerprint density at radius 3 is 2.36 bits per heavy atom. The summed E-state index contributed by atoms with van der Waals surface area (Å²) in [6.45, 7) is 0. The predicted molar refractivity (Wildman–Crippen MR) is 139 cm³/mol. The van der Waals surface area contributed by atoms with Gasteiger partial charge in [0, 0.05) is 6.04 Å². The molecule has 36 heavy (non-hydrogen) atoms. The van der Waals surface area contributed by atoms with Crippen LogP contribution in [0.5, 0.6) is 17.2 Å². The quantitative estimate of drug-likeness (QED) is 0.314. The number of aromatic hydroxyl groups is 1. The van der Waals surface area contributed by atoms with Gasteiger partial charge in [-0.15, -0.1) is 0 Å². The fourth-order valence-corrected chi connectivity index (χ4v) is 5.43. The molecule has 0 unspecified atom stereocenters. The second-order valence-corrected chi connectivity index (χ2v) is 9.93. The van der Waals surface area contributed by atoms with E-state index in [0.717, 1.165) is 23.7 Å². The third-order valence-corrected chi connectivity index (χ3v) is 6.94. The molecule has 0 bridgehead atoms. The smallest absolute Gasteiger partial charge is 0.349 e. The van der Waals surface area contributed by atoms with Gasteiger partial charge in [-0.2, -0.15) is 9.78 Å². The van der Waals surface area contributed by atoms with Crippen LogP contribution in [0.1, 0.15) is 21.5 Å². The van der Waals surface area contributed by atoms with Crippen LogP contribution in [0, 0.1) is 0 Å². The Balaban J connectivity index is 1.36. The minimum Gasteiger partial charge on any atom is -0.507 e. The Morgan fingerprint density at radius 1 is 1.06 bits per heavy atom. The number of aromatic nitrogens is 3. The van der Waals surface area contributed by atoms with Gasteiger partial charge in [0.25, 0.3) is 11.5 Å². The van der Waals surface area contributed by atoms with E-state index < -0.39 is 17.2 Å². The Labute approximate surface area is 221 Å². The largest absolute Gasteiger partial charge is 0.507 e. The summed E-state index contributed by atoms with van der Waals surface area (Å²) >= 11 is 6.86. The Bertz CT molecular complexity index is 1570. The number of nitrogens with zero attached hydrogens (tertiary/aromatic N) is 2. The van der Waals surface area contributed by atoms with Crippen LogP contribution in [0.4, 0.5) is 0 Å². The highest BCUT2D eigenvalue weighted by atomic mass is 79.9. The van der Waals surface area contributed by atoms with Crippen molar-refractivity contribution in [3.8, 4) is 22.9 Å².